The van der Waals surface area contributed by atoms with Crippen LogP contribution in [0.4, 0.5) is 0 Å². The predicted octanol–water partition coefficient (Wildman–Crippen LogP) is 5.16. The summed E-state index contributed by atoms with van der Waals surface area (Å²) >= 11 is 0. The molecular weight excluding hydrogens is 385 g/mol. The van der Waals surface area contributed by atoms with Crippen molar-refractivity contribution in [3.05, 3.63) is 82.9 Å². The molecule has 150 valence electrons. The van der Waals surface area contributed by atoms with E-state index in [4.69, 9.17) is 4.98 Å². The van der Waals surface area contributed by atoms with Gasteiger partial charge in [0.25, 0.3) is 0 Å². The minimum Gasteiger partial charge on any atom is -0.326 e. The van der Waals surface area contributed by atoms with Crippen molar-refractivity contribution in [2.24, 2.45) is 4.95 Å². The molecule has 29 heavy (non-hydrogen) atoms. The first-order chi connectivity index (χ1) is 14.0. The molecule has 3 rings (SSSR count). The van der Waals surface area contributed by atoms with Crippen LogP contribution in [0, 0.1) is 11.8 Å². The van der Waals surface area contributed by atoms with Gasteiger partial charge in [-0.1, -0.05) is 66.2 Å². The number of rotatable bonds is 9. The Morgan fingerprint density at radius 2 is 1.72 bits per heavy atom. The van der Waals surface area contributed by atoms with Crippen molar-refractivity contribution in [3.63, 3.8) is 0 Å². The molecule has 7 heteroatoms. The van der Waals surface area contributed by atoms with Gasteiger partial charge in [0.1, 0.15) is 0 Å². The van der Waals surface area contributed by atoms with Crippen molar-refractivity contribution in [2.75, 3.05) is 12.7 Å². The van der Waals surface area contributed by atoms with Crippen molar-refractivity contribution in [2.45, 2.75) is 19.9 Å². The van der Waals surface area contributed by atoms with Crippen LogP contribution < -0.4 is 5.32 Å². The first-order valence-corrected chi connectivity index (χ1v) is 11.3. The number of pyridine rings is 1. The third kappa shape index (κ3) is 5.91. The van der Waals surface area contributed by atoms with E-state index < -0.39 is 7.52 Å². The number of nitroso groups, excluding NO2 is 1. The highest BCUT2D eigenvalue weighted by Gasteiger charge is 2.17. The summed E-state index contributed by atoms with van der Waals surface area (Å²) in [4.78, 5) is 26.6. The Hall–Kier alpha value is -2.66. The van der Waals surface area contributed by atoms with Gasteiger partial charge < -0.3 is 10.2 Å². The van der Waals surface area contributed by atoms with Crippen LogP contribution in [0.2, 0.25) is 0 Å². The van der Waals surface area contributed by atoms with E-state index in [2.05, 4.69) is 47.5 Å². The van der Waals surface area contributed by atoms with Crippen LogP contribution in [0.5, 0.6) is 0 Å². The zero-order valence-electron chi connectivity index (χ0n) is 16.3. The highest BCUT2D eigenvalue weighted by molar-refractivity contribution is 7.56. The summed E-state index contributed by atoms with van der Waals surface area (Å²) in [6.45, 7) is 3.09. The number of hydrogen-bond acceptors (Lipinski definition) is 4. The lowest BCUT2D eigenvalue weighted by Crippen LogP contribution is -2.16. The molecule has 0 saturated carbocycles. The van der Waals surface area contributed by atoms with Crippen molar-refractivity contribution in [3.8, 4) is 22.4 Å². The van der Waals surface area contributed by atoms with Crippen LogP contribution in [0.1, 0.15) is 17.7 Å². The molecule has 6 nitrogen and oxygen atoms in total. The number of hydrogen-bond donors (Lipinski definition) is 2. The highest BCUT2D eigenvalue weighted by atomic mass is 31.2. The Morgan fingerprint density at radius 3 is 2.41 bits per heavy atom. The molecule has 0 saturated heterocycles. The monoisotopic (exact) mass is 409 g/mol. The van der Waals surface area contributed by atoms with Crippen molar-refractivity contribution in [1.29, 1.82) is 0 Å². The SMILES string of the molecule is Cc1ccc(-c2ccc(CNCCCP(=O)(O)N=O)nc2-c2ccccc2)cc1. The summed E-state index contributed by atoms with van der Waals surface area (Å²) in [5.74, 6) is 0. The first kappa shape index (κ1) is 21.1. The minimum atomic E-state index is -3.86. The topological polar surface area (TPSA) is 91.6 Å². The molecule has 0 aliphatic carbocycles. The van der Waals surface area contributed by atoms with E-state index in [0.717, 1.165) is 28.1 Å². The molecule has 2 N–H and O–H groups in total. The van der Waals surface area contributed by atoms with E-state index in [0.29, 0.717) is 19.5 Å². The van der Waals surface area contributed by atoms with E-state index in [9.17, 15) is 14.4 Å². The van der Waals surface area contributed by atoms with Gasteiger partial charge in [-0.2, -0.15) is 0 Å². The smallest absolute Gasteiger partial charge is 0.326 e. The quantitative estimate of drug-likeness (QED) is 0.289. The number of nitrogens with zero attached hydrogens (tertiary/aromatic N) is 2. The van der Waals surface area contributed by atoms with Gasteiger partial charge in [0.15, 0.2) is 0 Å². The second-order valence-corrected chi connectivity index (χ2v) is 8.87. The Morgan fingerprint density at radius 1 is 1.00 bits per heavy atom. The van der Waals surface area contributed by atoms with Gasteiger partial charge in [0.05, 0.1) is 11.4 Å². The van der Waals surface area contributed by atoms with Crippen LogP contribution in [0.25, 0.3) is 22.4 Å². The summed E-state index contributed by atoms with van der Waals surface area (Å²) in [7, 11) is -3.86. The number of benzene rings is 2. The highest BCUT2D eigenvalue weighted by Crippen LogP contribution is 2.41. The first-order valence-electron chi connectivity index (χ1n) is 9.48. The van der Waals surface area contributed by atoms with Gasteiger partial charge in [-0.05, 0) is 31.5 Å². The van der Waals surface area contributed by atoms with Crippen LogP contribution in [0.3, 0.4) is 0 Å². The van der Waals surface area contributed by atoms with Gasteiger partial charge in [0, 0.05) is 28.8 Å². The Kier molecular flexibility index (Phi) is 7.04. The molecule has 0 aliphatic rings. The van der Waals surface area contributed by atoms with Crippen molar-refractivity contribution >= 4 is 7.52 Å². The van der Waals surface area contributed by atoms with E-state index in [1.165, 1.54) is 5.56 Å². The van der Waals surface area contributed by atoms with Crippen molar-refractivity contribution in [1.82, 2.24) is 10.3 Å². The summed E-state index contributed by atoms with van der Waals surface area (Å²) in [6, 6.07) is 22.5. The zero-order chi connectivity index (χ0) is 20.7. The standard InChI is InChI=1S/C22H24N3O3P/c1-17-8-10-18(11-9-17)21-13-12-20(16-23-14-5-15-29(27,28)25-26)24-22(21)19-6-3-2-4-7-19/h2-4,6-13,23H,5,14-16H2,1H3,(H,27,28). The number of nitrogens with one attached hydrogen (secondary N) is 1. The van der Waals surface area contributed by atoms with Gasteiger partial charge in [-0.3, -0.25) is 9.55 Å². The molecule has 0 radical (unpaired) electrons. The largest absolute Gasteiger partial charge is 0.350 e. The molecule has 0 bridgehead atoms. The average molecular weight is 409 g/mol. The predicted molar refractivity (Wildman–Crippen MR) is 117 cm³/mol. The second kappa shape index (κ2) is 9.70. The maximum Gasteiger partial charge on any atom is 0.350 e. The van der Waals surface area contributed by atoms with Crippen LogP contribution in [-0.2, 0) is 11.1 Å². The summed E-state index contributed by atoms with van der Waals surface area (Å²) in [6.07, 6.45) is 0.283. The summed E-state index contributed by atoms with van der Waals surface area (Å²) in [5.41, 5.74) is 6.23. The third-order valence-electron chi connectivity index (χ3n) is 4.60. The van der Waals surface area contributed by atoms with E-state index >= 15 is 0 Å². The van der Waals surface area contributed by atoms with Crippen LogP contribution in [0.15, 0.2) is 71.7 Å². The molecule has 1 atom stereocenters. The minimum absolute atomic E-state index is 0.113. The Bertz CT molecular complexity index is 1010. The van der Waals surface area contributed by atoms with E-state index in [1.807, 2.05) is 36.4 Å². The molecule has 2 aromatic carbocycles. The lowest BCUT2D eigenvalue weighted by molar-refractivity contribution is 0.476. The van der Waals surface area contributed by atoms with Crippen molar-refractivity contribution < 1.29 is 9.46 Å². The maximum atomic E-state index is 11.2. The molecular formula is C22H24N3O3P. The Labute approximate surface area is 170 Å². The molecule has 3 aromatic rings. The van der Waals surface area contributed by atoms with Crippen LogP contribution >= 0.6 is 7.52 Å². The van der Waals surface area contributed by atoms with Gasteiger partial charge in [-0.25, -0.2) is 0 Å². The summed E-state index contributed by atoms with van der Waals surface area (Å²) < 4.78 is 11.2. The van der Waals surface area contributed by atoms with Gasteiger partial charge in [-0.15, -0.1) is 4.91 Å². The second-order valence-electron chi connectivity index (χ2n) is 6.93. The molecule has 1 heterocycles. The number of aromatic nitrogens is 1. The average Bonchev–Trinajstić information content (AvgIpc) is 2.75. The lowest BCUT2D eigenvalue weighted by atomic mass is 9.98. The fourth-order valence-electron chi connectivity index (χ4n) is 3.05. The fourth-order valence-corrected chi connectivity index (χ4v) is 3.70. The number of aryl methyl sites for hydroxylation is 1. The third-order valence-corrected chi connectivity index (χ3v) is 5.75. The molecule has 1 unspecified atom stereocenters. The van der Waals surface area contributed by atoms with E-state index in [-0.39, 0.29) is 6.16 Å². The van der Waals surface area contributed by atoms with Gasteiger partial charge in [0.2, 0.25) is 0 Å². The lowest BCUT2D eigenvalue weighted by Gasteiger charge is -2.13. The zero-order valence-corrected chi connectivity index (χ0v) is 17.2. The van der Waals surface area contributed by atoms with Crippen LogP contribution in [-0.4, -0.2) is 22.6 Å². The normalized spacial score (nSPS) is 13.0. The van der Waals surface area contributed by atoms with Gasteiger partial charge >= 0.3 is 7.52 Å². The molecule has 0 spiro atoms. The molecule has 0 aliphatic heterocycles. The molecule has 1 aromatic heterocycles. The maximum absolute atomic E-state index is 11.2. The van der Waals surface area contributed by atoms with E-state index in [1.54, 1.807) is 0 Å². The summed E-state index contributed by atoms with van der Waals surface area (Å²) in [5, 5.41) is 3.21. The fraction of sp³-hybridized carbons (Fsp3) is 0.227. The molecule has 0 amide bonds. The Balaban J connectivity index is 1.77. The molecule has 0 fully saturated rings.